The normalized spacial score (nSPS) is 18.1. The molecule has 1 atom stereocenters. The van der Waals surface area contributed by atoms with Crippen LogP contribution >= 0.6 is 11.6 Å². The molecule has 0 spiro atoms. The van der Waals surface area contributed by atoms with Crippen LogP contribution in [0.15, 0.2) is 12.1 Å². The predicted molar refractivity (Wildman–Crippen MR) is 80.8 cm³/mol. The van der Waals surface area contributed by atoms with Crippen LogP contribution in [0.5, 0.6) is 11.5 Å². The van der Waals surface area contributed by atoms with Crippen molar-refractivity contribution in [2.24, 2.45) is 0 Å². The predicted octanol–water partition coefficient (Wildman–Crippen LogP) is 1.65. The van der Waals surface area contributed by atoms with E-state index >= 15 is 0 Å². The van der Waals surface area contributed by atoms with E-state index in [4.69, 9.17) is 21.1 Å². The molecule has 1 aliphatic heterocycles. The lowest BCUT2D eigenvalue weighted by Crippen LogP contribution is -2.39. The summed E-state index contributed by atoms with van der Waals surface area (Å²) in [5.41, 5.74) is 0.473. The summed E-state index contributed by atoms with van der Waals surface area (Å²) in [6.07, 6.45) is 1.83. The van der Waals surface area contributed by atoms with Crippen molar-refractivity contribution in [1.29, 1.82) is 0 Å². The maximum Gasteiger partial charge on any atom is 0.238 e. The van der Waals surface area contributed by atoms with E-state index in [-0.39, 0.29) is 18.6 Å². The van der Waals surface area contributed by atoms with E-state index in [1.807, 2.05) is 0 Å². The summed E-state index contributed by atoms with van der Waals surface area (Å²) in [6, 6.07) is 3.24. The molecule has 1 fully saturated rings. The number of carbonyl (C=O) groups excluding carboxylic acids is 1. The largest absolute Gasteiger partial charge is 0.454 e. The second kappa shape index (κ2) is 5.62. The van der Waals surface area contributed by atoms with Gasteiger partial charge in [-0.2, -0.15) is 0 Å². The fraction of sp³-hybridized carbons (Fsp3) is 0.500. The minimum atomic E-state index is -3.63. The standard InChI is InChI=1S/C14H16ClNO5S/c1-8(14(17)16-10-2-3-10)22(18,19)6-9-4-11(15)13-12(5-9)20-7-21-13/h4-5,8,10H,2-3,6-7H2,1H3,(H,16,17). The van der Waals surface area contributed by atoms with E-state index in [0.29, 0.717) is 22.1 Å². The number of amides is 1. The Morgan fingerprint density at radius 1 is 1.41 bits per heavy atom. The summed E-state index contributed by atoms with van der Waals surface area (Å²) in [7, 11) is -3.63. The average Bonchev–Trinajstić information content (AvgIpc) is 3.11. The lowest BCUT2D eigenvalue weighted by atomic mass is 10.2. The van der Waals surface area contributed by atoms with Crippen LogP contribution in [0.3, 0.4) is 0 Å². The van der Waals surface area contributed by atoms with Crippen LogP contribution in [0.2, 0.25) is 5.02 Å². The number of fused-ring (bicyclic) bond motifs is 1. The van der Waals surface area contributed by atoms with Gasteiger partial charge in [0.05, 0.1) is 10.8 Å². The minimum Gasteiger partial charge on any atom is -0.454 e. The third kappa shape index (κ3) is 3.15. The Bertz CT molecular complexity index is 714. The molecule has 3 rings (SSSR count). The highest BCUT2D eigenvalue weighted by Crippen LogP contribution is 2.40. The number of hydrogen-bond acceptors (Lipinski definition) is 5. The average molecular weight is 346 g/mol. The number of ether oxygens (including phenoxy) is 2. The fourth-order valence-electron chi connectivity index (χ4n) is 2.17. The van der Waals surface area contributed by atoms with Crippen LogP contribution in [0.25, 0.3) is 0 Å². The topological polar surface area (TPSA) is 81.7 Å². The number of rotatable bonds is 5. The van der Waals surface area contributed by atoms with Crippen LogP contribution in [0, 0.1) is 0 Å². The summed E-state index contributed by atoms with van der Waals surface area (Å²) in [5, 5.41) is 1.91. The van der Waals surface area contributed by atoms with E-state index in [9.17, 15) is 13.2 Å². The van der Waals surface area contributed by atoms with Crippen molar-refractivity contribution in [2.75, 3.05) is 6.79 Å². The molecule has 6 nitrogen and oxygen atoms in total. The SMILES string of the molecule is CC(C(=O)NC1CC1)S(=O)(=O)Cc1cc(Cl)c2c(c1)OCO2. The highest BCUT2D eigenvalue weighted by molar-refractivity contribution is 7.92. The van der Waals surface area contributed by atoms with Gasteiger partial charge >= 0.3 is 0 Å². The first kappa shape index (κ1) is 15.4. The third-order valence-electron chi connectivity index (χ3n) is 3.69. The Morgan fingerprint density at radius 2 is 2.14 bits per heavy atom. The molecule has 1 saturated carbocycles. The Hall–Kier alpha value is -1.47. The first-order valence-electron chi connectivity index (χ1n) is 6.97. The van der Waals surface area contributed by atoms with Gasteiger partial charge in [0.15, 0.2) is 21.3 Å². The van der Waals surface area contributed by atoms with Gasteiger partial charge in [0.1, 0.15) is 5.25 Å². The molecule has 0 bridgehead atoms. The molecule has 1 unspecified atom stereocenters. The zero-order valence-electron chi connectivity index (χ0n) is 12.0. The van der Waals surface area contributed by atoms with Crippen molar-refractivity contribution in [3.63, 3.8) is 0 Å². The summed E-state index contributed by atoms with van der Waals surface area (Å²) in [6.45, 7) is 1.47. The van der Waals surface area contributed by atoms with E-state index in [1.54, 1.807) is 6.07 Å². The monoisotopic (exact) mass is 345 g/mol. The molecule has 1 N–H and O–H groups in total. The second-order valence-electron chi connectivity index (χ2n) is 5.54. The van der Waals surface area contributed by atoms with Gasteiger partial charge in [-0.1, -0.05) is 11.6 Å². The quantitative estimate of drug-likeness (QED) is 0.877. The lowest BCUT2D eigenvalue weighted by molar-refractivity contribution is -0.120. The van der Waals surface area contributed by atoms with Crippen LogP contribution in [-0.4, -0.2) is 32.4 Å². The molecule has 1 heterocycles. The smallest absolute Gasteiger partial charge is 0.238 e. The maximum atomic E-state index is 12.4. The van der Waals surface area contributed by atoms with Gasteiger partial charge in [-0.05, 0) is 37.5 Å². The van der Waals surface area contributed by atoms with Gasteiger partial charge in [-0.3, -0.25) is 4.79 Å². The van der Waals surface area contributed by atoms with Crippen molar-refractivity contribution < 1.29 is 22.7 Å². The van der Waals surface area contributed by atoms with Crippen LogP contribution in [-0.2, 0) is 20.4 Å². The molecule has 0 radical (unpaired) electrons. The van der Waals surface area contributed by atoms with Crippen LogP contribution in [0.4, 0.5) is 0 Å². The molecule has 0 saturated heterocycles. The number of hydrogen-bond donors (Lipinski definition) is 1. The molecular formula is C14H16ClNO5S. The Morgan fingerprint density at radius 3 is 2.82 bits per heavy atom. The van der Waals surface area contributed by atoms with E-state index in [1.165, 1.54) is 13.0 Å². The second-order valence-corrected chi connectivity index (χ2v) is 8.27. The number of benzene rings is 1. The van der Waals surface area contributed by atoms with Gasteiger partial charge in [0, 0.05) is 6.04 Å². The van der Waals surface area contributed by atoms with Crippen LogP contribution in [0.1, 0.15) is 25.3 Å². The van der Waals surface area contributed by atoms with Gasteiger partial charge in [0.2, 0.25) is 12.7 Å². The number of nitrogens with one attached hydrogen (secondary N) is 1. The van der Waals surface area contributed by atoms with E-state index < -0.39 is 21.0 Å². The molecule has 8 heteroatoms. The van der Waals surface area contributed by atoms with Crippen molar-refractivity contribution in [3.8, 4) is 11.5 Å². The van der Waals surface area contributed by atoms with Crippen molar-refractivity contribution in [2.45, 2.75) is 36.8 Å². The molecule has 1 amide bonds. The molecule has 1 aliphatic carbocycles. The summed E-state index contributed by atoms with van der Waals surface area (Å²) in [4.78, 5) is 11.9. The number of sulfone groups is 1. The molecule has 1 aromatic rings. The summed E-state index contributed by atoms with van der Waals surface area (Å²) >= 11 is 6.04. The van der Waals surface area contributed by atoms with Gasteiger partial charge in [-0.15, -0.1) is 0 Å². The van der Waals surface area contributed by atoms with Gasteiger partial charge in [0.25, 0.3) is 0 Å². The minimum absolute atomic E-state index is 0.0610. The van der Waals surface area contributed by atoms with E-state index in [2.05, 4.69) is 5.32 Å². The van der Waals surface area contributed by atoms with Gasteiger partial charge in [-0.25, -0.2) is 8.42 Å². The zero-order chi connectivity index (χ0) is 15.9. The summed E-state index contributed by atoms with van der Waals surface area (Å²) in [5.74, 6) is 0.118. The van der Waals surface area contributed by atoms with Crippen molar-refractivity contribution >= 4 is 27.3 Å². The van der Waals surface area contributed by atoms with Crippen molar-refractivity contribution in [1.82, 2.24) is 5.32 Å². The Labute approximate surface area is 133 Å². The molecule has 1 aromatic carbocycles. The van der Waals surface area contributed by atoms with Crippen molar-refractivity contribution in [3.05, 3.63) is 22.7 Å². The highest BCUT2D eigenvalue weighted by atomic mass is 35.5. The first-order chi connectivity index (χ1) is 10.4. The summed E-state index contributed by atoms with van der Waals surface area (Å²) < 4.78 is 35.2. The Kier molecular flexibility index (Phi) is 3.94. The third-order valence-corrected chi connectivity index (χ3v) is 5.99. The van der Waals surface area contributed by atoms with Gasteiger partial charge < -0.3 is 14.8 Å². The first-order valence-corrected chi connectivity index (χ1v) is 9.06. The van der Waals surface area contributed by atoms with E-state index in [0.717, 1.165) is 12.8 Å². The molecule has 22 heavy (non-hydrogen) atoms. The van der Waals surface area contributed by atoms with Crippen LogP contribution < -0.4 is 14.8 Å². The number of halogens is 1. The maximum absolute atomic E-state index is 12.4. The zero-order valence-corrected chi connectivity index (χ0v) is 13.5. The molecule has 0 aromatic heterocycles. The molecule has 2 aliphatic rings. The lowest BCUT2D eigenvalue weighted by Gasteiger charge is -2.13. The number of carbonyl (C=O) groups is 1. The Balaban J connectivity index is 1.76. The molecule has 120 valence electrons. The fourth-order valence-corrected chi connectivity index (χ4v) is 3.73. The molecular weight excluding hydrogens is 330 g/mol. The highest BCUT2D eigenvalue weighted by Gasteiger charge is 2.33.